The summed E-state index contributed by atoms with van der Waals surface area (Å²) in [5, 5.41) is 0. The summed E-state index contributed by atoms with van der Waals surface area (Å²) in [4.78, 5) is 10.9. The SMILES string of the molecule is CCOc1cc(C=O)ccc1OCCC=C(C)CCc1ccc(OC)cc1. The van der Waals surface area contributed by atoms with Crippen LogP contribution in [0.1, 0.15) is 42.6 Å². The summed E-state index contributed by atoms with van der Waals surface area (Å²) in [6.45, 7) is 5.16. The van der Waals surface area contributed by atoms with Gasteiger partial charge in [0.1, 0.15) is 12.0 Å². The van der Waals surface area contributed by atoms with Crippen molar-refractivity contribution in [3.8, 4) is 17.2 Å². The summed E-state index contributed by atoms with van der Waals surface area (Å²) < 4.78 is 16.6. The molecular weight excluding hydrogens is 340 g/mol. The fourth-order valence-corrected chi connectivity index (χ4v) is 2.70. The van der Waals surface area contributed by atoms with Gasteiger partial charge < -0.3 is 14.2 Å². The van der Waals surface area contributed by atoms with Crippen LogP contribution in [0.25, 0.3) is 0 Å². The van der Waals surface area contributed by atoms with E-state index < -0.39 is 0 Å². The summed E-state index contributed by atoms with van der Waals surface area (Å²) in [6, 6.07) is 13.4. The molecule has 0 saturated carbocycles. The van der Waals surface area contributed by atoms with Gasteiger partial charge in [-0.15, -0.1) is 0 Å². The molecule has 0 aliphatic rings. The zero-order valence-electron chi connectivity index (χ0n) is 16.4. The van der Waals surface area contributed by atoms with E-state index in [1.54, 1.807) is 25.3 Å². The largest absolute Gasteiger partial charge is 0.497 e. The fourth-order valence-electron chi connectivity index (χ4n) is 2.70. The lowest BCUT2D eigenvalue weighted by atomic mass is 10.0. The van der Waals surface area contributed by atoms with Crippen molar-refractivity contribution in [3.63, 3.8) is 0 Å². The molecule has 2 aromatic carbocycles. The van der Waals surface area contributed by atoms with Crippen molar-refractivity contribution in [2.24, 2.45) is 0 Å². The molecule has 0 aliphatic heterocycles. The number of rotatable bonds is 11. The summed E-state index contributed by atoms with van der Waals surface area (Å²) in [5.74, 6) is 2.17. The van der Waals surface area contributed by atoms with Crippen LogP contribution in [0, 0.1) is 0 Å². The maximum Gasteiger partial charge on any atom is 0.161 e. The molecule has 0 saturated heterocycles. The maximum atomic E-state index is 10.9. The number of methoxy groups -OCH3 is 1. The van der Waals surface area contributed by atoms with Crippen LogP contribution in [-0.4, -0.2) is 26.6 Å². The number of hydrogen-bond acceptors (Lipinski definition) is 4. The molecule has 0 fully saturated rings. The third kappa shape index (κ3) is 6.81. The molecule has 0 bridgehead atoms. The molecule has 0 amide bonds. The summed E-state index contributed by atoms with van der Waals surface area (Å²) in [6.07, 6.45) is 5.87. The summed E-state index contributed by atoms with van der Waals surface area (Å²) in [5.41, 5.74) is 3.23. The van der Waals surface area contributed by atoms with Crippen LogP contribution in [0.4, 0.5) is 0 Å². The van der Waals surface area contributed by atoms with Crippen molar-refractivity contribution >= 4 is 6.29 Å². The highest BCUT2D eigenvalue weighted by Gasteiger charge is 2.06. The number of carbonyl (C=O) groups is 1. The maximum absolute atomic E-state index is 10.9. The second kappa shape index (κ2) is 11.1. The number of ether oxygens (including phenoxy) is 3. The number of aryl methyl sites for hydroxylation is 1. The highest BCUT2D eigenvalue weighted by molar-refractivity contribution is 5.76. The van der Waals surface area contributed by atoms with Crippen LogP contribution in [0.15, 0.2) is 54.1 Å². The number of carbonyl (C=O) groups excluding carboxylic acids is 1. The summed E-state index contributed by atoms with van der Waals surface area (Å²) >= 11 is 0. The first-order valence-electron chi connectivity index (χ1n) is 9.29. The van der Waals surface area contributed by atoms with Crippen molar-refractivity contribution in [1.82, 2.24) is 0 Å². The van der Waals surface area contributed by atoms with Crippen LogP contribution >= 0.6 is 0 Å². The topological polar surface area (TPSA) is 44.8 Å². The van der Waals surface area contributed by atoms with E-state index in [9.17, 15) is 4.79 Å². The van der Waals surface area contributed by atoms with Gasteiger partial charge >= 0.3 is 0 Å². The van der Waals surface area contributed by atoms with Crippen molar-refractivity contribution in [2.45, 2.75) is 33.1 Å². The van der Waals surface area contributed by atoms with Gasteiger partial charge in [0, 0.05) is 5.56 Å². The van der Waals surface area contributed by atoms with Crippen molar-refractivity contribution in [2.75, 3.05) is 20.3 Å². The standard InChI is InChI=1S/C23H28O4/c1-4-26-23-16-20(17-24)11-14-22(23)27-15-5-6-18(2)7-8-19-9-12-21(25-3)13-10-19/h6,9-14,16-17H,4-5,7-8,15H2,1-3H3. The van der Waals surface area contributed by atoms with Gasteiger partial charge in [-0.3, -0.25) is 4.79 Å². The van der Waals surface area contributed by atoms with Crippen LogP contribution in [0.5, 0.6) is 17.2 Å². The number of aldehydes is 1. The van der Waals surface area contributed by atoms with E-state index in [1.807, 2.05) is 19.1 Å². The molecule has 0 N–H and O–H groups in total. The normalized spacial score (nSPS) is 11.1. The van der Waals surface area contributed by atoms with Gasteiger partial charge in [0.25, 0.3) is 0 Å². The molecule has 4 nitrogen and oxygen atoms in total. The Bertz CT molecular complexity index is 747. The Labute approximate surface area is 161 Å². The van der Waals surface area contributed by atoms with Gasteiger partial charge in [-0.1, -0.05) is 23.8 Å². The Morgan fingerprint density at radius 2 is 1.81 bits per heavy atom. The molecule has 0 spiro atoms. The molecule has 0 heterocycles. The van der Waals surface area contributed by atoms with Crippen LogP contribution in [0.3, 0.4) is 0 Å². The van der Waals surface area contributed by atoms with Crippen molar-refractivity contribution in [1.29, 1.82) is 0 Å². The first-order valence-corrected chi connectivity index (χ1v) is 9.29. The molecule has 0 unspecified atom stereocenters. The first kappa shape index (κ1) is 20.6. The zero-order valence-corrected chi connectivity index (χ0v) is 16.4. The van der Waals surface area contributed by atoms with E-state index in [1.165, 1.54) is 11.1 Å². The van der Waals surface area contributed by atoms with E-state index in [0.29, 0.717) is 30.3 Å². The lowest BCUT2D eigenvalue weighted by Gasteiger charge is -2.12. The Morgan fingerprint density at radius 1 is 1.04 bits per heavy atom. The zero-order chi connectivity index (χ0) is 19.5. The third-order valence-corrected chi connectivity index (χ3v) is 4.24. The molecule has 0 atom stereocenters. The molecule has 4 heteroatoms. The Hall–Kier alpha value is -2.75. The third-order valence-electron chi connectivity index (χ3n) is 4.24. The van der Waals surface area contributed by atoms with Crippen LogP contribution < -0.4 is 14.2 Å². The number of hydrogen-bond donors (Lipinski definition) is 0. The first-order chi connectivity index (χ1) is 13.2. The molecule has 0 aliphatic carbocycles. The summed E-state index contributed by atoms with van der Waals surface area (Å²) in [7, 11) is 1.68. The minimum atomic E-state index is 0.531. The molecule has 2 rings (SSSR count). The van der Waals surface area contributed by atoms with Crippen LogP contribution in [0.2, 0.25) is 0 Å². The minimum absolute atomic E-state index is 0.531. The molecule has 0 radical (unpaired) electrons. The predicted molar refractivity (Wildman–Crippen MR) is 108 cm³/mol. The molecule has 2 aromatic rings. The minimum Gasteiger partial charge on any atom is -0.497 e. The second-order valence-corrected chi connectivity index (χ2v) is 6.29. The molecular formula is C23H28O4. The van der Waals surface area contributed by atoms with Crippen molar-refractivity contribution < 1.29 is 19.0 Å². The van der Waals surface area contributed by atoms with E-state index in [-0.39, 0.29) is 0 Å². The lowest BCUT2D eigenvalue weighted by Crippen LogP contribution is -2.01. The van der Waals surface area contributed by atoms with Gasteiger partial charge in [-0.2, -0.15) is 0 Å². The molecule has 0 aromatic heterocycles. The fraction of sp³-hybridized carbons (Fsp3) is 0.348. The van der Waals surface area contributed by atoms with Gasteiger partial charge in [-0.05, 0) is 69.0 Å². The van der Waals surface area contributed by atoms with Gasteiger partial charge in [0.05, 0.1) is 20.3 Å². The molecule has 144 valence electrons. The van der Waals surface area contributed by atoms with Gasteiger partial charge in [0.15, 0.2) is 11.5 Å². The predicted octanol–water partition coefficient (Wildman–Crippen LogP) is 5.25. The van der Waals surface area contributed by atoms with E-state index in [4.69, 9.17) is 14.2 Å². The highest BCUT2D eigenvalue weighted by Crippen LogP contribution is 2.28. The Kier molecular flexibility index (Phi) is 8.43. The lowest BCUT2D eigenvalue weighted by molar-refractivity contribution is 0.112. The number of allylic oxidation sites excluding steroid dienone is 1. The van der Waals surface area contributed by atoms with Gasteiger partial charge in [0.2, 0.25) is 0 Å². The smallest absolute Gasteiger partial charge is 0.161 e. The van der Waals surface area contributed by atoms with Gasteiger partial charge in [-0.25, -0.2) is 0 Å². The average molecular weight is 368 g/mol. The monoisotopic (exact) mass is 368 g/mol. The quantitative estimate of drug-likeness (QED) is 0.308. The van der Waals surface area contributed by atoms with E-state index >= 15 is 0 Å². The van der Waals surface area contributed by atoms with Crippen molar-refractivity contribution in [3.05, 3.63) is 65.2 Å². The van der Waals surface area contributed by atoms with E-state index in [0.717, 1.165) is 31.3 Å². The second-order valence-electron chi connectivity index (χ2n) is 6.29. The average Bonchev–Trinajstić information content (AvgIpc) is 2.71. The van der Waals surface area contributed by atoms with E-state index in [2.05, 4.69) is 25.1 Å². The Balaban J connectivity index is 1.79. The highest BCUT2D eigenvalue weighted by atomic mass is 16.5. The Morgan fingerprint density at radius 3 is 2.48 bits per heavy atom. The molecule has 27 heavy (non-hydrogen) atoms. The van der Waals surface area contributed by atoms with Crippen LogP contribution in [-0.2, 0) is 6.42 Å². The number of benzene rings is 2.